The van der Waals surface area contributed by atoms with Crippen molar-refractivity contribution in [2.24, 2.45) is 5.92 Å². The first-order valence-electron chi connectivity index (χ1n) is 3.91. The molecule has 0 aliphatic rings. The summed E-state index contributed by atoms with van der Waals surface area (Å²) < 4.78 is 0. The van der Waals surface area contributed by atoms with Crippen LogP contribution in [0.4, 0.5) is 0 Å². The number of nitrogens with one attached hydrogen (secondary N) is 1. The average molecular weight is 153 g/mol. The Labute approximate surface area is 68.4 Å². The molecular formula is C9H15NO. The van der Waals surface area contributed by atoms with E-state index in [0.717, 1.165) is 12.8 Å². The highest BCUT2D eigenvalue weighted by molar-refractivity contribution is 5.92. The van der Waals surface area contributed by atoms with Crippen LogP contribution in [0.25, 0.3) is 0 Å². The maximum Gasteiger partial charge on any atom is 0.295 e. The summed E-state index contributed by atoms with van der Waals surface area (Å²) in [7, 11) is 0. The smallest absolute Gasteiger partial charge is 0.295 e. The zero-order valence-electron chi connectivity index (χ0n) is 7.18. The molecule has 0 saturated carbocycles. The van der Waals surface area contributed by atoms with Gasteiger partial charge in [-0.15, -0.1) is 6.42 Å². The fourth-order valence-electron chi connectivity index (χ4n) is 0.763. The minimum absolute atomic E-state index is 0.311. The first kappa shape index (κ1) is 10.0. The molecule has 0 fully saturated rings. The van der Waals surface area contributed by atoms with Crippen molar-refractivity contribution in [3.05, 3.63) is 0 Å². The molecule has 0 aromatic carbocycles. The number of carbonyl (C=O) groups is 1. The number of hydrogen-bond acceptors (Lipinski definition) is 1. The standard InChI is InChI=1S/C9H15NO/c1-4-9(11)10-7-5-6-8(2)3/h1,8H,5-7H2,2-3H3,(H,10,11). The van der Waals surface area contributed by atoms with E-state index in [4.69, 9.17) is 6.42 Å². The first-order chi connectivity index (χ1) is 5.16. The van der Waals surface area contributed by atoms with Crippen molar-refractivity contribution >= 4 is 5.91 Å². The van der Waals surface area contributed by atoms with Crippen molar-refractivity contribution in [1.29, 1.82) is 0 Å². The highest BCUT2D eigenvalue weighted by Crippen LogP contribution is 2.01. The van der Waals surface area contributed by atoms with Gasteiger partial charge in [-0.1, -0.05) is 13.8 Å². The summed E-state index contributed by atoms with van der Waals surface area (Å²) in [6, 6.07) is 0. The molecule has 1 N–H and O–H groups in total. The van der Waals surface area contributed by atoms with Crippen LogP contribution in [0.1, 0.15) is 26.7 Å². The van der Waals surface area contributed by atoms with Crippen molar-refractivity contribution < 1.29 is 4.79 Å². The topological polar surface area (TPSA) is 29.1 Å². The van der Waals surface area contributed by atoms with Gasteiger partial charge >= 0.3 is 0 Å². The normalized spacial score (nSPS) is 9.27. The lowest BCUT2D eigenvalue weighted by molar-refractivity contribution is -0.115. The van der Waals surface area contributed by atoms with Crippen molar-refractivity contribution in [3.63, 3.8) is 0 Å². The van der Waals surface area contributed by atoms with Gasteiger partial charge in [-0.25, -0.2) is 0 Å². The Morgan fingerprint density at radius 3 is 2.73 bits per heavy atom. The SMILES string of the molecule is C#CC(=O)NCCCC(C)C. The number of carbonyl (C=O) groups excluding carboxylic acids is 1. The van der Waals surface area contributed by atoms with E-state index in [-0.39, 0.29) is 5.91 Å². The molecule has 2 heteroatoms. The predicted molar refractivity (Wildman–Crippen MR) is 45.9 cm³/mol. The molecule has 0 rings (SSSR count). The van der Waals surface area contributed by atoms with E-state index in [9.17, 15) is 4.79 Å². The van der Waals surface area contributed by atoms with Crippen LogP contribution >= 0.6 is 0 Å². The molecule has 0 atom stereocenters. The van der Waals surface area contributed by atoms with Gasteiger partial charge in [0.2, 0.25) is 0 Å². The number of rotatable bonds is 4. The summed E-state index contributed by atoms with van der Waals surface area (Å²) in [4.78, 5) is 10.5. The fourth-order valence-corrected chi connectivity index (χ4v) is 0.763. The average Bonchev–Trinajstić information content (AvgIpc) is 1.97. The van der Waals surface area contributed by atoms with E-state index in [1.807, 2.05) is 5.92 Å². The van der Waals surface area contributed by atoms with Gasteiger partial charge in [-0.3, -0.25) is 4.79 Å². The lowest BCUT2D eigenvalue weighted by Gasteiger charge is -2.03. The Morgan fingerprint density at radius 1 is 1.64 bits per heavy atom. The highest BCUT2D eigenvalue weighted by Gasteiger charge is 1.95. The number of terminal acetylenes is 1. The summed E-state index contributed by atoms with van der Waals surface area (Å²) in [5.41, 5.74) is 0. The monoisotopic (exact) mass is 153 g/mol. The molecular weight excluding hydrogens is 138 g/mol. The zero-order valence-corrected chi connectivity index (χ0v) is 7.18. The molecule has 0 aliphatic heterocycles. The van der Waals surface area contributed by atoms with E-state index < -0.39 is 0 Å². The van der Waals surface area contributed by atoms with Gasteiger partial charge in [0, 0.05) is 6.54 Å². The Bertz CT molecular complexity index is 155. The van der Waals surface area contributed by atoms with Gasteiger partial charge in [0.1, 0.15) is 0 Å². The molecule has 11 heavy (non-hydrogen) atoms. The molecule has 1 amide bonds. The van der Waals surface area contributed by atoms with Crippen LogP contribution in [-0.2, 0) is 4.79 Å². The van der Waals surface area contributed by atoms with Crippen LogP contribution in [0.15, 0.2) is 0 Å². The minimum atomic E-state index is -0.311. The van der Waals surface area contributed by atoms with Crippen LogP contribution in [0.5, 0.6) is 0 Å². The van der Waals surface area contributed by atoms with E-state index in [0.29, 0.717) is 12.5 Å². The Balaban J connectivity index is 3.16. The van der Waals surface area contributed by atoms with E-state index >= 15 is 0 Å². The van der Waals surface area contributed by atoms with Crippen LogP contribution in [0, 0.1) is 18.3 Å². The predicted octanol–water partition coefficient (Wildman–Crippen LogP) is 1.17. The van der Waals surface area contributed by atoms with Gasteiger partial charge in [0.25, 0.3) is 5.91 Å². The lowest BCUT2D eigenvalue weighted by Crippen LogP contribution is -2.22. The maximum atomic E-state index is 10.5. The van der Waals surface area contributed by atoms with E-state index in [2.05, 4.69) is 19.2 Å². The summed E-state index contributed by atoms with van der Waals surface area (Å²) in [6.07, 6.45) is 6.99. The van der Waals surface area contributed by atoms with Gasteiger partial charge in [0.15, 0.2) is 0 Å². The van der Waals surface area contributed by atoms with Crippen molar-refractivity contribution in [2.75, 3.05) is 6.54 Å². The van der Waals surface area contributed by atoms with Crippen LogP contribution < -0.4 is 5.32 Å². The number of hydrogen-bond donors (Lipinski definition) is 1. The third kappa shape index (κ3) is 6.92. The summed E-state index contributed by atoms with van der Waals surface area (Å²) in [5, 5.41) is 2.61. The maximum absolute atomic E-state index is 10.5. The van der Waals surface area contributed by atoms with Crippen LogP contribution in [-0.4, -0.2) is 12.5 Å². The van der Waals surface area contributed by atoms with Crippen molar-refractivity contribution in [1.82, 2.24) is 5.32 Å². The first-order valence-corrected chi connectivity index (χ1v) is 3.91. The summed E-state index contributed by atoms with van der Waals surface area (Å²) in [6.45, 7) is 5.01. The van der Waals surface area contributed by atoms with Crippen molar-refractivity contribution in [3.8, 4) is 12.3 Å². The van der Waals surface area contributed by atoms with E-state index in [1.165, 1.54) is 0 Å². The number of amides is 1. The van der Waals surface area contributed by atoms with Crippen molar-refractivity contribution in [2.45, 2.75) is 26.7 Å². The second kappa shape index (κ2) is 5.79. The molecule has 0 aromatic rings. The highest BCUT2D eigenvalue weighted by atomic mass is 16.1. The summed E-state index contributed by atoms with van der Waals surface area (Å²) >= 11 is 0. The second-order valence-electron chi connectivity index (χ2n) is 2.94. The Kier molecular flexibility index (Phi) is 5.28. The second-order valence-corrected chi connectivity index (χ2v) is 2.94. The molecule has 62 valence electrons. The fraction of sp³-hybridized carbons (Fsp3) is 0.667. The van der Waals surface area contributed by atoms with Gasteiger partial charge < -0.3 is 5.32 Å². The van der Waals surface area contributed by atoms with Crippen LogP contribution in [0.3, 0.4) is 0 Å². The largest absolute Gasteiger partial charge is 0.345 e. The third-order valence-corrected chi connectivity index (χ3v) is 1.37. The quantitative estimate of drug-likeness (QED) is 0.477. The molecule has 0 aliphatic carbocycles. The molecule has 0 radical (unpaired) electrons. The lowest BCUT2D eigenvalue weighted by atomic mass is 10.1. The van der Waals surface area contributed by atoms with Gasteiger partial charge in [-0.05, 0) is 24.7 Å². The molecule has 0 heterocycles. The molecule has 2 nitrogen and oxygen atoms in total. The van der Waals surface area contributed by atoms with E-state index in [1.54, 1.807) is 0 Å². The summed E-state index contributed by atoms with van der Waals surface area (Å²) in [5.74, 6) is 2.38. The third-order valence-electron chi connectivity index (χ3n) is 1.37. The Hall–Kier alpha value is -0.970. The minimum Gasteiger partial charge on any atom is -0.345 e. The molecule has 0 saturated heterocycles. The molecule has 0 spiro atoms. The Morgan fingerprint density at radius 2 is 2.27 bits per heavy atom. The molecule has 0 aromatic heterocycles. The molecule has 0 unspecified atom stereocenters. The van der Waals surface area contributed by atoms with Gasteiger partial charge in [0.05, 0.1) is 0 Å². The van der Waals surface area contributed by atoms with Crippen LogP contribution in [0.2, 0.25) is 0 Å². The van der Waals surface area contributed by atoms with Gasteiger partial charge in [-0.2, -0.15) is 0 Å². The zero-order chi connectivity index (χ0) is 8.69. The molecule has 0 bridgehead atoms.